The standard InChI is InChI=1S/C15H16N2O5/c18-8-12-11(19)6-13(22-12)17-7-10(14(20)16-15(17)21)9-4-2-1-3-5-9/h1-5,7,11-13,18-19H,6,8H2,(H,16,20,21)/t11-,12+,13+/m1/s1. The number of hydrogen-bond donors (Lipinski definition) is 3. The summed E-state index contributed by atoms with van der Waals surface area (Å²) in [6.07, 6.45) is -0.712. The number of aromatic amines is 1. The highest BCUT2D eigenvalue weighted by Crippen LogP contribution is 2.27. The van der Waals surface area contributed by atoms with Crippen molar-refractivity contribution in [1.29, 1.82) is 0 Å². The van der Waals surface area contributed by atoms with Crippen LogP contribution in [0.3, 0.4) is 0 Å². The van der Waals surface area contributed by atoms with Crippen LogP contribution in [-0.4, -0.2) is 38.6 Å². The average Bonchev–Trinajstić information content (AvgIpc) is 2.89. The summed E-state index contributed by atoms with van der Waals surface area (Å²) in [5.74, 6) is 0. The molecule has 3 atom stereocenters. The third-order valence-electron chi connectivity index (χ3n) is 3.75. The highest BCUT2D eigenvalue weighted by atomic mass is 16.5. The Kier molecular flexibility index (Phi) is 3.93. The fraction of sp³-hybridized carbons (Fsp3) is 0.333. The van der Waals surface area contributed by atoms with Crippen molar-refractivity contribution in [3.8, 4) is 11.1 Å². The van der Waals surface area contributed by atoms with E-state index in [0.717, 1.165) is 0 Å². The van der Waals surface area contributed by atoms with Crippen LogP contribution in [0, 0.1) is 0 Å². The van der Waals surface area contributed by atoms with Gasteiger partial charge in [-0.3, -0.25) is 14.3 Å². The third kappa shape index (κ3) is 2.61. The SMILES string of the molecule is O=c1[nH]c(=O)n([C@@H]2C[C@@H](O)[C@H](CO)O2)cc1-c1ccccc1. The Morgan fingerprint density at radius 2 is 2.00 bits per heavy atom. The molecule has 0 unspecified atom stereocenters. The molecule has 1 saturated heterocycles. The molecule has 7 heteroatoms. The molecule has 3 rings (SSSR count). The molecule has 7 nitrogen and oxygen atoms in total. The van der Waals surface area contributed by atoms with E-state index in [9.17, 15) is 14.7 Å². The molecule has 0 spiro atoms. The van der Waals surface area contributed by atoms with Crippen molar-refractivity contribution in [3.63, 3.8) is 0 Å². The molecule has 1 aromatic heterocycles. The molecule has 1 aromatic carbocycles. The maximum atomic E-state index is 12.0. The lowest BCUT2D eigenvalue weighted by Gasteiger charge is -2.15. The fourth-order valence-corrected chi connectivity index (χ4v) is 2.57. The summed E-state index contributed by atoms with van der Waals surface area (Å²) < 4.78 is 6.70. The maximum absolute atomic E-state index is 12.0. The van der Waals surface area contributed by atoms with Crippen LogP contribution < -0.4 is 11.2 Å². The van der Waals surface area contributed by atoms with Gasteiger partial charge in [0.2, 0.25) is 0 Å². The van der Waals surface area contributed by atoms with Gasteiger partial charge in [-0.1, -0.05) is 30.3 Å². The van der Waals surface area contributed by atoms with Gasteiger partial charge in [-0.15, -0.1) is 0 Å². The molecule has 2 heterocycles. The van der Waals surface area contributed by atoms with Crippen LogP contribution in [0.5, 0.6) is 0 Å². The first-order chi connectivity index (χ1) is 10.6. The second-order valence-corrected chi connectivity index (χ2v) is 5.19. The molecule has 0 aliphatic carbocycles. The molecule has 116 valence electrons. The minimum Gasteiger partial charge on any atom is -0.394 e. The molecule has 0 amide bonds. The molecule has 0 saturated carbocycles. The van der Waals surface area contributed by atoms with E-state index >= 15 is 0 Å². The predicted octanol–water partition coefficient (Wildman–Crippen LogP) is -0.156. The zero-order valence-corrected chi connectivity index (χ0v) is 11.7. The summed E-state index contributed by atoms with van der Waals surface area (Å²) in [6.45, 7) is -0.332. The minimum absolute atomic E-state index is 0.172. The summed E-state index contributed by atoms with van der Waals surface area (Å²) >= 11 is 0. The summed E-state index contributed by atoms with van der Waals surface area (Å²) in [6, 6.07) is 8.94. The van der Waals surface area contributed by atoms with Crippen molar-refractivity contribution in [2.45, 2.75) is 24.9 Å². The Morgan fingerprint density at radius 3 is 2.64 bits per heavy atom. The molecule has 1 aliphatic heterocycles. The van der Waals surface area contributed by atoms with Gasteiger partial charge in [0.15, 0.2) is 0 Å². The summed E-state index contributed by atoms with van der Waals surface area (Å²) in [7, 11) is 0. The Labute approximate surface area is 125 Å². The third-order valence-corrected chi connectivity index (χ3v) is 3.75. The lowest BCUT2D eigenvalue weighted by Crippen LogP contribution is -2.33. The van der Waals surface area contributed by atoms with E-state index in [1.54, 1.807) is 24.3 Å². The smallest absolute Gasteiger partial charge is 0.330 e. The van der Waals surface area contributed by atoms with Gasteiger partial charge in [0, 0.05) is 12.6 Å². The number of aromatic nitrogens is 2. The van der Waals surface area contributed by atoms with Gasteiger partial charge in [-0.25, -0.2) is 4.79 Å². The Hall–Kier alpha value is -2.22. The molecule has 3 N–H and O–H groups in total. The van der Waals surface area contributed by atoms with Crippen LogP contribution in [0.4, 0.5) is 0 Å². The van der Waals surface area contributed by atoms with Gasteiger partial charge < -0.3 is 14.9 Å². The quantitative estimate of drug-likeness (QED) is 0.731. The van der Waals surface area contributed by atoms with E-state index in [4.69, 9.17) is 9.84 Å². The van der Waals surface area contributed by atoms with E-state index in [1.165, 1.54) is 10.8 Å². The topological polar surface area (TPSA) is 105 Å². The Balaban J connectivity index is 2.03. The summed E-state index contributed by atoms with van der Waals surface area (Å²) in [4.78, 5) is 26.2. The number of aliphatic hydroxyl groups excluding tert-OH is 2. The lowest BCUT2D eigenvalue weighted by molar-refractivity contribution is -0.0458. The predicted molar refractivity (Wildman–Crippen MR) is 78.4 cm³/mol. The molecule has 22 heavy (non-hydrogen) atoms. The fourth-order valence-electron chi connectivity index (χ4n) is 2.57. The molecule has 0 radical (unpaired) electrons. The second kappa shape index (κ2) is 5.88. The number of aliphatic hydroxyl groups is 2. The van der Waals surface area contributed by atoms with Crippen molar-refractivity contribution in [1.82, 2.24) is 9.55 Å². The van der Waals surface area contributed by atoms with E-state index in [0.29, 0.717) is 11.1 Å². The van der Waals surface area contributed by atoms with Gasteiger partial charge in [0.25, 0.3) is 5.56 Å². The van der Waals surface area contributed by atoms with Crippen molar-refractivity contribution in [3.05, 3.63) is 57.4 Å². The molecule has 1 fully saturated rings. The highest BCUT2D eigenvalue weighted by molar-refractivity contribution is 5.60. The Morgan fingerprint density at radius 1 is 1.27 bits per heavy atom. The lowest BCUT2D eigenvalue weighted by atomic mass is 10.1. The van der Waals surface area contributed by atoms with Crippen molar-refractivity contribution < 1.29 is 14.9 Å². The normalized spacial score (nSPS) is 24.5. The number of ether oxygens (including phenoxy) is 1. The van der Waals surface area contributed by atoms with E-state index in [-0.39, 0.29) is 13.0 Å². The van der Waals surface area contributed by atoms with Crippen LogP contribution in [0.25, 0.3) is 11.1 Å². The summed E-state index contributed by atoms with van der Waals surface area (Å²) in [5.41, 5.74) is -0.0781. The van der Waals surface area contributed by atoms with Crippen LogP contribution in [0.2, 0.25) is 0 Å². The minimum atomic E-state index is -0.853. The molecular weight excluding hydrogens is 288 g/mol. The van der Waals surface area contributed by atoms with Gasteiger partial charge in [0.1, 0.15) is 12.3 Å². The zero-order valence-electron chi connectivity index (χ0n) is 11.7. The number of nitrogens with one attached hydrogen (secondary N) is 1. The average molecular weight is 304 g/mol. The van der Waals surface area contributed by atoms with Crippen molar-refractivity contribution in [2.75, 3.05) is 6.61 Å². The van der Waals surface area contributed by atoms with Gasteiger partial charge in [-0.2, -0.15) is 0 Å². The molecule has 0 bridgehead atoms. The van der Waals surface area contributed by atoms with Crippen LogP contribution in [-0.2, 0) is 4.74 Å². The monoisotopic (exact) mass is 304 g/mol. The number of nitrogens with zero attached hydrogens (tertiary/aromatic N) is 1. The van der Waals surface area contributed by atoms with Crippen LogP contribution in [0.15, 0.2) is 46.1 Å². The summed E-state index contributed by atoms with van der Waals surface area (Å²) in [5, 5.41) is 18.9. The molecular formula is C15H16N2O5. The van der Waals surface area contributed by atoms with E-state index in [2.05, 4.69) is 4.98 Å². The van der Waals surface area contributed by atoms with Gasteiger partial charge >= 0.3 is 5.69 Å². The number of H-pyrrole nitrogens is 1. The van der Waals surface area contributed by atoms with Crippen molar-refractivity contribution in [2.24, 2.45) is 0 Å². The first-order valence-corrected chi connectivity index (χ1v) is 6.95. The van der Waals surface area contributed by atoms with Crippen LogP contribution in [0.1, 0.15) is 12.6 Å². The Bertz CT molecular complexity index is 767. The highest BCUT2D eigenvalue weighted by Gasteiger charge is 2.35. The maximum Gasteiger partial charge on any atom is 0.330 e. The van der Waals surface area contributed by atoms with E-state index < -0.39 is 29.7 Å². The van der Waals surface area contributed by atoms with Gasteiger partial charge in [0.05, 0.1) is 18.3 Å². The van der Waals surface area contributed by atoms with Crippen molar-refractivity contribution >= 4 is 0 Å². The largest absolute Gasteiger partial charge is 0.394 e. The molecule has 2 aromatic rings. The first-order valence-electron chi connectivity index (χ1n) is 6.95. The second-order valence-electron chi connectivity index (χ2n) is 5.19. The number of hydrogen-bond acceptors (Lipinski definition) is 5. The number of benzene rings is 1. The number of rotatable bonds is 3. The van der Waals surface area contributed by atoms with E-state index in [1.807, 2.05) is 6.07 Å². The first kappa shape index (κ1) is 14.7. The van der Waals surface area contributed by atoms with Gasteiger partial charge in [-0.05, 0) is 5.56 Å². The zero-order chi connectivity index (χ0) is 15.7. The molecule has 1 aliphatic rings. The van der Waals surface area contributed by atoms with Crippen LogP contribution >= 0.6 is 0 Å².